The summed E-state index contributed by atoms with van der Waals surface area (Å²) in [6, 6.07) is 0.540. The molecule has 0 bridgehead atoms. The molecule has 0 spiro atoms. The van der Waals surface area contributed by atoms with E-state index in [0.717, 1.165) is 18.9 Å². The Balaban J connectivity index is 1.94. The van der Waals surface area contributed by atoms with Crippen molar-refractivity contribution in [3.63, 3.8) is 0 Å². The lowest BCUT2D eigenvalue weighted by molar-refractivity contribution is -0.134. The van der Waals surface area contributed by atoms with E-state index in [1.807, 2.05) is 11.0 Å². The van der Waals surface area contributed by atoms with Gasteiger partial charge in [0.15, 0.2) is 0 Å². The molecular weight excluding hydrogens is 212 g/mol. The van der Waals surface area contributed by atoms with Crippen LogP contribution in [0.2, 0.25) is 0 Å². The summed E-state index contributed by atoms with van der Waals surface area (Å²) in [6.07, 6.45) is 7.60. The number of nitrogens with one attached hydrogen (secondary N) is 1. The first kappa shape index (κ1) is 12.6. The van der Waals surface area contributed by atoms with Gasteiger partial charge in [-0.2, -0.15) is 0 Å². The van der Waals surface area contributed by atoms with Gasteiger partial charge in [-0.3, -0.25) is 4.79 Å². The van der Waals surface area contributed by atoms with Gasteiger partial charge in [-0.1, -0.05) is 19.4 Å². The third kappa shape index (κ3) is 3.09. The second kappa shape index (κ2) is 5.67. The lowest BCUT2D eigenvalue weighted by Gasteiger charge is -2.33. The summed E-state index contributed by atoms with van der Waals surface area (Å²) in [7, 11) is 0. The van der Waals surface area contributed by atoms with Crippen LogP contribution in [0.15, 0.2) is 12.7 Å². The molecule has 2 rings (SSSR count). The molecule has 1 saturated heterocycles. The molecular formula is C14H24N2O. The van der Waals surface area contributed by atoms with Gasteiger partial charge in [-0.05, 0) is 38.1 Å². The average Bonchev–Trinajstić information content (AvgIpc) is 3.19. The standard InChI is InChI=1S/C14H24N2O/c1-3-9-16(12-5-6-12)14(17)13-10-11(4-2)7-8-15-13/h3,11-13,15H,1,4-10H2,2H3. The van der Waals surface area contributed by atoms with Gasteiger partial charge in [0.05, 0.1) is 6.04 Å². The number of carbonyl (C=O) groups is 1. The summed E-state index contributed by atoms with van der Waals surface area (Å²) in [5.41, 5.74) is 0. The summed E-state index contributed by atoms with van der Waals surface area (Å²) < 4.78 is 0. The zero-order valence-corrected chi connectivity index (χ0v) is 10.8. The average molecular weight is 236 g/mol. The van der Waals surface area contributed by atoms with Crippen LogP contribution in [0.25, 0.3) is 0 Å². The summed E-state index contributed by atoms with van der Waals surface area (Å²) in [5, 5.41) is 3.38. The Kier molecular flexibility index (Phi) is 4.21. The highest BCUT2D eigenvalue weighted by Gasteiger charge is 2.36. The molecule has 0 aromatic heterocycles. The molecule has 2 aliphatic rings. The molecule has 1 N–H and O–H groups in total. The van der Waals surface area contributed by atoms with Crippen LogP contribution in [0.5, 0.6) is 0 Å². The van der Waals surface area contributed by atoms with Gasteiger partial charge in [0.2, 0.25) is 5.91 Å². The van der Waals surface area contributed by atoms with E-state index in [1.54, 1.807) is 0 Å². The highest BCUT2D eigenvalue weighted by Crippen LogP contribution is 2.29. The van der Waals surface area contributed by atoms with E-state index in [2.05, 4.69) is 18.8 Å². The molecule has 2 fully saturated rings. The number of amides is 1. The summed E-state index contributed by atoms with van der Waals surface area (Å²) >= 11 is 0. The van der Waals surface area contributed by atoms with Crippen LogP contribution >= 0.6 is 0 Å². The quantitative estimate of drug-likeness (QED) is 0.740. The van der Waals surface area contributed by atoms with Gasteiger partial charge in [0.1, 0.15) is 0 Å². The molecule has 1 amide bonds. The fourth-order valence-corrected chi connectivity index (χ4v) is 2.70. The third-order valence-electron chi connectivity index (χ3n) is 3.98. The number of carbonyl (C=O) groups excluding carboxylic acids is 1. The van der Waals surface area contributed by atoms with E-state index in [0.29, 0.717) is 18.5 Å². The molecule has 2 atom stereocenters. The van der Waals surface area contributed by atoms with Crippen molar-refractivity contribution in [1.82, 2.24) is 10.2 Å². The van der Waals surface area contributed by atoms with Gasteiger partial charge in [-0.15, -0.1) is 6.58 Å². The van der Waals surface area contributed by atoms with Crippen LogP contribution in [0, 0.1) is 5.92 Å². The molecule has 3 heteroatoms. The number of hydrogen-bond donors (Lipinski definition) is 1. The number of piperidine rings is 1. The first-order valence-electron chi connectivity index (χ1n) is 6.91. The van der Waals surface area contributed by atoms with Gasteiger partial charge < -0.3 is 10.2 Å². The van der Waals surface area contributed by atoms with Gasteiger partial charge in [-0.25, -0.2) is 0 Å². The Morgan fingerprint density at radius 2 is 2.24 bits per heavy atom. The van der Waals surface area contributed by atoms with Crippen molar-refractivity contribution in [2.45, 2.75) is 51.1 Å². The highest BCUT2D eigenvalue weighted by atomic mass is 16.2. The summed E-state index contributed by atoms with van der Waals surface area (Å²) in [5.74, 6) is 1.01. The molecule has 1 heterocycles. The first-order valence-corrected chi connectivity index (χ1v) is 6.91. The van der Waals surface area contributed by atoms with Crippen molar-refractivity contribution in [1.29, 1.82) is 0 Å². The van der Waals surface area contributed by atoms with Crippen molar-refractivity contribution in [2.75, 3.05) is 13.1 Å². The molecule has 0 aromatic rings. The molecule has 1 aliphatic carbocycles. The van der Waals surface area contributed by atoms with Gasteiger partial charge >= 0.3 is 0 Å². The summed E-state index contributed by atoms with van der Waals surface area (Å²) in [6.45, 7) is 7.67. The highest BCUT2D eigenvalue weighted by molar-refractivity contribution is 5.82. The Bertz CT molecular complexity index is 286. The zero-order chi connectivity index (χ0) is 12.3. The molecule has 17 heavy (non-hydrogen) atoms. The Hall–Kier alpha value is -0.830. The van der Waals surface area contributed by atoms with Crippen LogP contribution in [-0.4, -0.2) is 36.0 Å². The van der Waals surface area contributed by atoms with Gasteiger partial charge in [0.25, 0.3) is 0 Å². The molecule has 0 radical (unpaired) electrons. The third-order valence-corrected chi connectivity index (χ3v) is 3.98. The van der Waals surface area contributed by atoms with E-state index < -0.39 is 0 Å². The number of nitrogens with zero attached hydrogens (tertiary/aromatic N) is 1. The lowest BCUT2D eigenvalue weighted by Crippen LogP contribution is -2.51. The number of rotatable bonds is 5. The minimum atomic E-state index is 0.0502. The van der Waals surface area contributed by atoms with Crippen LogP contribution in [0.3, 0.4) is 0 Å². The molecule has 1 saturated carbocycles. The fourth-order valence-electron chi connectivity index (χ4n) is 2.70. The minimum Gasteiger partial charge on any atom is -0.335 e. The first-order chi connectivity index (χ1) is 8.26. The van der Waals surface area contributed by atoms with Crippen molar-refractivity contribution in [3.8, 4) is 0 Å². The van der Waals surface area contributed by atoms with Crippen molar-refractivity contribution < 1.29 is 4.79 Å². The zero-order valence-electron chi connectivity index (χ0n) is 10.8. The van der Waals surface area contributed by atoms with E-state index in [9.17, 15) is 4.79 Å². The molecule has 0 aromatic carbocycles. The second-order valence-electron chi connectivity index (χ2n) is 5.32. The Morgan fingerprint density at radius 3 is 2.82 bits per heavy atom. The van der Waals surface area contributed by atoms with Crippen molar-refractivity contribution in [2.24, 2.45) is 5.92 Å². The normalized spacial score (nSPS) is 28.8. The predicted octanol–water partition coefficient (Wildman–Crippen LogP) is 1.94. The van der Waals surface area contributed by atoms with Crippen LogP contribution in [0.4, 0.5) is 0 Å². The van der Waals surface area contributed by atoms with E-state index >= 15 is 0 Å². The summed E-state index contributed by atoms with van der Waals surface area (Å²) in [4.78, 5) is 14.5. The van der Waals surface area contributed by atoms with Crippen LogP contribution < -0.4 is 5.32 Å². The fraction of sp³-hybridized carbons (Fsp3) is 0.786. The topological polar surface area (TPSA) is 32.3 Å². The van der Waals surface area contributed by atoms with Gasteiger partial charge in [0, 0.05) is 12.6 Å². The second-order valence-corrected chi connectivity index (χ2v) is 5.32. The maximum absolute atomic E-state index is 12.4. The van der Waals surface area contributed by atoms with Crippen molar-refractivity contribution >= 4 is 5.91 Å². The predicted molar refractivity (Wildman–Crippen MR) is 69.7 cm³/mol. The molecule has 3 nitrogen and oxygen atoms in total. The van der Waals surface area contributed by atoms with E-state index in [-0.39, 0.29) is 6.04 Å². The Morgan fingerprint density at radius 1 is 1.47 bits per heavy atom. The molecule has 96 valence electrons. The van der Waals surface area contributed by atoms with Crippen LogP contribution in [-0.2, 0) is 4.79 Å². The largest absolute Gasteiger partial charge is 0.335 e. The van der Waals surface area contributed by atoms with Crippen LogP contribution in [0.1, 0.15) is 39.0 Å². The van der Waals surface area contributed by atoms with E-state index in [1.165, 1.54) is 25.7 Å². The smallest absolute Gasteiger partial charge is 0.240 e. The maximum atomic E-state index is 12.4. The SMILES string of the molecule is C=CCN(C(=O)C1CC(CC)CCN1)C1CC1. The Labute approximate surface area is 104 Å². The minimum absolute atomic E-state index is 0.0502. The van der Waals surface area contributed by atoms with Crippen molar-refractivity contribution in [3.05, 3.63) is 12.7 Å². The molecule has 1 aliphatic heterocycles. The maximum Gasteiger partial charge on any atom is 0.240 e. The number of hydrogen-bond acceptors (Lipinski definition) is 2. The monoisotopic (exact) mass is 236 g/mol. The van der Waals surface area contributed by atoms with E-state index in [4.69, 9.17) is 0 Å². The lowest BCUT2D eigenvalue weighted by atomic mass is 9.90. The molecule has 2 unspecified atom stereocenters.